The third-order valence-electron chi connectivity index (χ3n) is 6.59. The van der Waals surface area contributed by atoms with Crippen LogP contribution in [0.5, 0.6) is 0 Å². The third-order valence-corrected chi connectivity index (χ3v) is 6.83. The van der Waals surface area contributed by atoms with Gasteiger partial charge in [0.25, 0.3) is 5.56 Å². The summed E-state index contributed by atoms with van der Waals surface area (Å²) in [6.07, 6.45) is 1.51. The molecule has 2 aromatic heterocycles. The van der Waals surface area contributed by atoms with Gasteiger partial charge in [0.1, 0.15) is 0 Å². The van der Waals surface area contributed by atoms with Gasteiger partial charge < -0.3 is 9.47 Å². The van der Waals surface area contributed by atoms with E-state index in [1.807, 2.05) is 47.9 Å². The predicted octanol–water partition coefficient (Wildman–Crippen LogP) is 4.28. The first-order valence-corrected chi connectivity index (χ1v) is 12.0. The number of anilines is 2. The lowest BCUT2D eigenvalue weighted by Crippen LogP contribution is -2.40. The Morgan fingerprint density at radius 1 is 1.09 bits per heavy atom. The highest BCUT2D eigenvalue weighted by molar-refractivity contribution is 6.30. The fraction of sp³-hybridized carbons (Fsp3) is 0.346. The second kappa shape index (κ2) is 8.80. The Bertz CT molecular complexity index is 1490. The molecule has 4 aromatic rings. The molecule has 0 radical (unpaired) electrons. The summed E-state index contributed by atoms with van der Waals surface area (Å²) < 4.78 is 4.83. The van der Waals surface area contributed by atoms with Crippen molar-refractivity contribution in [2.24, 2.45) is 13.0 Å². The molecule has 1 aliphatic rings. The smallest absolute Gasteiger partial charge is 0.311 e. The van der Waals surface area contributed by atoms with E-state index in [1.165, 1.54) is 14.7 Å². The van der Waals surface area contributed by atoms with Crippen molar-refractivity contribution in [3.05, 3.63) is 85.5 Å². The van der Waals surface area contributed by atoms with Gasteiger partial charge in [-0.1, -0.05) is 54.9 Å². The zero-order valence-corrected chi connectivity index (χ0v) is 20.4. The minimum absolute atomic E-state index is 0.276. The van der Waals surface area contributed by atoms with Gasteiger partial charge in [0.05, 0.1) is 0 Å². The van der Waals surface area contributed by atoms with Crippen molar-refractivity contribution in [2.75, 3.05) is 11.4 Å². The van der Waals surface area contributed by atoms with Crippen molar-refractivity contribution >= 4 is 34.4 Å². The van der Waals surface area contributed by atoms with Gasteiger partial charge in [-0.05, 0) is 48.9 Å². The Labute approximate surface area is 202 Å². The van der Waals surface area contributed by atoms with Gasteiger partial charge >= 0.3 is 5.69 Å². The highest BCUT2D eigenvalue weighted by Gasteiger charge is 2.30. The number of hydrogen-bond donors (Lipinski definition) is 0. The quantitative estimate of drug-likeness (QED) is 0.430. The molecule has 8 heteroatoms. The van der Waals surface area contributed by atoms with E-state index in [9.17, 15) is 9.59 Å². The largest absolute Gasteiger partial charge is 0.332 e. The number of benzene rings is 2. The van der Waals surface area contributed by atoms with E-state index in [2.05, 4.69) is 24.0 Å². The molecule has 0 saturated carbocycles. The highest BCUT2D eigenvalue weighted by Crippen LogP contribution is 2.35. The van der Waals surface area contributed by atoms with Crippen LogP contribution in [0.1, 0.15) is 24.5 Å². The van der Waals surface area contributed by atoms with Gasteiger partial charge in [-0.2, -0.15) is 4.98 Å². The summed E-state index contributed by atoms with van der Waals surface area (Å²) in [5.74, 6) is 0.957. The zero-order chi connectivity index (χ0) is 24.0. The van der Waals surface area contributed by atoms with Gasteiger partial charge in [-0.3, -0.25) is 13.9 Å². The number of nitrogens with zero attached hydrogens (tertiary/aromatic N) is 5. The molecule has 0 amide bonds. The molecule has 1 aliphatic heterocycles. The second-order valence-corrected chi connectivity index (χ2v) is 9.67. The number of imidazole rings is 1. The Morgan fingerprint density at radius 2 is 1.85 bits per heavy atom. The van der Waals surface area contributed by atoms with Crippen LogP contribution < -0.4 is 16.1 Å². The molecule has 3 heterocycles. The molecule has 0 N–H and O–H groups in total. The number of hydrogen-bond acceptors (Lipinski definition) is 4. The maximum atomic E-state index is 13.6. The van der Waals surface area contributed by atoms with Crippen molar-refractivity contribution in [1.29, 1.82) is 0 Å². The Morgan fingerprint density at radius 3 is 2.62 bits per heavy atom. The van der Waals surface area contributed by atoms with Gasteiger partial charge in [-0.15, -0.1) is 0 Å². The molecule has 34 heavy (non-hydrogen) atoms. The van der Waals surface area contributed by atoms with E-state index in [-0.39, 0.29) is 17.2 Å². The molecule has 7 nitrogen and oxygen atoms in total. The number of aryl methyl sites for hydroxylation is 3. The van der Waals surface area contributed by atoms with Crippen LogP contribution >= 0.6 is 11.6 Å². The molecule has 1 atom stereocenters. The summed E-state index contributed by atoms with van der Waals surface area (Å²) in [5.41, 5.74) is 3.52. The van der Waals surface area contributed by atoms with Crippen LogP contribution in [0.15, 0.2) is 58.1 Å². The molecule has 176 valence electrons. The molecule has 0 bridgehead atoms. The Balaban J connectivity index is 1.60. The van der Waals surface area contributed by atoms with E-state index in [0.29, 0.717) is 41.6 Å². The third kappa shape index (κ3) is 3.84. The van der Waals surface area contributed by atoms with Crippen molar-refractivity contribution in [2.45, 2.75) is 39.8 Å². The first kappa shape index (κ1) is 22.5. The first-order valence-electron chi connectivity index (χ1n) is 11.6. The number of aromatic nitrogens is 4. The normalized spacial score (nSPS) is 15.6. The van der Waals surface area contributed by atoms with Crippen molar-refractivity contribution in [1.82, 2.24) is 18.7 Å². The molecular formula is C26H28ClN5O2. The van der Waals surface area contributed by atoms with Crippen molar-refractivity contribution in [3.8, 4) is 0 Å². The lowest BCUT2D eigenvalue weighted by molar-refractivity contribution is 0.457. The Hall–Kier alpha value is -3.32. The molecule has 2 aromatic carbocycles. The Kier molecular flexibility index (Phi) is 5.81. The SMILES string of the molecule is Cc1ccc(Cl)cc1N1CC(C)Cn2c1nc1c2c(=O)n(CCCc2ccccc2)c(=O)n1C. The molecule has 0 aliphatic carbocycles. The average Bonchev–Trinajstić information content (AvgIpc) is 3.21. The summed E-state index contributed by atoms with van der Waals surface area (Å²) in [4.78, 5) is 33.6. The van der Waals surface area contributed by atoms with Crippen LogP contribution in [-0.4, -0.2) is 25.2 Å². The van der Waals surface area contributed by atoms with Crippen LogP contribution in [0.4, 0.5) is 11.6 Å². The lowest BCUT2D eigenvalue weighted by atomic mass is 10.1. The van der Waals surface area contributed by atoms with E-state index in [1.54, 1.807) is 7.05 Å². The van der Waals surface area contributed by atoms with Crippen LogP contribution in [-0.2, 0) is 26.6 Å². The molecular weight excluding hydrogens is 450 g/mol. The molecule has 0 fully saturated rings. The summed E-state index contributed by atoms with van der Waals surface area (Å²) in [5, 5.41) is 0.648. The topological polar surface area (TPSA) is 65.1 Å². The zero-order valence-electron chi connectivity index (χ0n) is 19.7. The van der Waals surface area contributed by atoms with E-state index >= 15 is 0 Å². The first-order chi connectivity index (χ1) is 16.3. The van der Waals surface area contributed by atoms with Gasteiger partial charge in [-0.25, -0.2) is 4.79 Å². The van der Waals surface area contributed by atoms with Crippen LogP contribution in [0.25, 0.3) is 11.2 Å². The second-order valence-electron chi connectivity index (χ2n) is 9.23. The maximum Gasteiger partial charge on any atom is 0.332 e. The summed E-state index contributed by atoms with van der Waals surface area (Å²) in [6, 6.07) is 15.9. The highest BCUT2D eigenvalue weighted by atomic mass is 35.5. The predicted molar refractivity (Wildman–Crippen MR) is 136 cm³/mol. The van der Waals surface area contributed by atoms with E-state index < -0.39 is 0 Å². The van der Waals surface area contributed by atoms with Crippen LogP contribution in [0.3, 0.4) is 0 Å². The van der Waals surface area contributed by atoms with E-state index in [4.69, 9.17) is 16.6 Å². The average molecular weight is 478 g/mol. The minimum Gasteiger partial charge on any atom is -0.311 e. The summed E-state index contributed by atoms with van der Waals surface area (Å²) in [7, 11) is 1.69. The monoisotopic (exact) mass is 477 g/mol. The van der Waals surface area contributed by atoms with Crippen LogP contribution in [0, 0.1) is 12.8 Å². The fourth-order valence-corrected chi connectivity index (χ4v) is 5.03. The fourth-order valence-electron chi connectivity index (χ4n) is 4.86. The van der Waals surface area contributed by atoms with E-state index in [0.717, 1.165) is 24.2 Å². The molecule has 1 unspecified atom stereocenters. The number of fused-ring (bicyclic) bond motifs is 3. The standard InChI is InChI=1S/C26H28ClN5O2/c1-17-15-31(21-14-20(27)12-11-18(21)2)25-28-23-22(32(25)16-17)24(33)30(26(34)29(23)3)13-7-10-19-8-5-4-6-9-19/h4-6,8-9,11-12,14,17H,7,10,13,15-16H2,1-3H3. The summed E-state index contributed by atoms with van der Waals surface area (Å²) >= 11 is 6.31. The van der Waals surface area contributed by atoms with Gasteiger partial charge in [0.2, 0.25) is 5.95 Å². The van der Waals surface area contributed by atoms with Crippen LogP contribution in [0.2, 0.25) is 5.02 Å². The molecule has 0 spiro atoms. The minimum atomic E-state index is -0.334. The van der Waals surface area contributed by atoms with Gasteiger partial charge in [0, 0.05) is 37.4 Å². The molecule has 0 saturated heterocycles. The number of rotatable bonds is 5. The lowest BCUT2D eigenvalue weighted by Gasteiger charge is -2.33. The van der Waals surface area contributed by atoms with Gasteiger partial charge in [0.15, 0.2) is 11.2 Å². The maximum absolute atomic E-state index is 13.6. The number of halogens is 1. The van der Waals surface area contributed by atoms with Crippen molar-refractivity contribution in [3.63, 3.8) is 0 Å². The van der Waals surface area contributed by atoms with Crippen molar-refractivity contribution < 1.29 is 0 Å². The molecule has 5 rings (SSSR count). The summed E-state index contributed by atoms with van der Waals surface area (Å²) in [6.45, 7) is 5.97.